The van der Waals surface area contributed by atoms with Gasteiger partial charge >= 0.3 is 0 Å². The molecule has 0 bridgehead atoms. The number of allylic oxidation sites excluding steroid dienone is 8. The number of ketones is 1. The van der Waals surface area contributed by atoms with Crippen LogP contribution in [0.3, 0.4) is 0 Å². The van der Waals surface area contributed by atoms with Gasteiger partial charge < -0.3 is 0 Å². The van der Waals surface area contributed by atoms with Crippen LogP contribution in [0.2, 0.25) is 0 Å². The zero-order valence-corrected chi connectivity index (χ0v) is 19.7. The van der Waals surface area contributed by atoms with E-state index in [1.807, 2.05) is 0 Å². The number of unbranched alkanes of at least 4 members (excludes halogenated alkanes) is 2. The average molecular weight is 387 g/mol. The first-order valence-electron chi connectivity index (χ1n) is 11.5. The predicted octanol–water partition coefficient (Wildman–Crippen LogP) is 9.06. The summed E-state index contributed by atoms with van der Waals surface area (Å²) >= 11 is 0. The molecule has 0 aromatic carbocycles. The van der Waals surface area contributed by atoms with Gasteiger partial charge in [0.15, 0.2) is 0 Å². The fraction of sp³-hybridized carbons (Fsp3) is 0.667. The Balaban J connectivity index is 3.97. The van der Waals surface area contributed by atoms with Gasteiger partial charge in [0.2, 0.25) is 0 Å². The molecule has 0 N–H and O–H groups in total. The number of carbonyl (C=O) groups is 1. The zero-order valence-electron chi connectivity index (χ0n) is 19.7. The van der Waals surface area contributed by atoms with Gasteiger partial charge in [-0.2, -0.15) is 0 Å². The Kier molecular flexibility index (Phi) is 16.8. The van der Waals surface area contributed by atoms with E-state index in [1.54, 1.807) is 0 Å². The molecule has 1 heteroatoms. The van der Waals surface area contributed by atoms with Gasteiger partial charge in [0, 0.05) is 12.8 Å². The number of rotatable bonds is 16. The fourth-order valence-electron chi connectivity index (χ4n) is 3.16. The van der Waals surface area contributed by atoms with Gasteiger partial charge in [0.25, 0.3) is 0 Å². The van der Waals surface area contributed by atoms with Gasteiger partial charge in [-0.1, -0.05) is 66.4 Å². The minimum absolute atomic E-state index is 0.428. The Morgan fingerprint density at radius 1 is 0.571 bits per heavy atom. The Morgan fingerprint density at radius 2 is 1.00 bits per heavy atom. The number of carbonyl (C=O) groups excluding carboxylic acids is 1. The van der Waals surface area contributed by atoms with Crippen LogP contribution < -0.4 is 0 Å². The van der Waals surface area contributed by atoms with E-state index in [2.05, 4.69) is 65.8 Å². The molecule has 0 fully saturated rings. The van der Waals surface area contributed by atoms with E-state index in [0.29, 0.717) is 5.78 Å². The van der Waals surface area contributed by atoms with Crippen molar-refractivity contribution in [3.8, 4) is 0 Å². The van der Waals surface area contributed by atoms with Crippen molar-refractivity contribution >= 4 is 5.78 Å². The molecule has 0 aliphatic carbocycles. The Morgan fingerprint density at radius 3 is 1.43 bits per heavy atom. The van der Waals surface area contributed by atoms with Crippen LogP contribution in [-0.2, 0) is 4.79 Å². The normalized spacial score (nSPS) is 13.0. The van der Waals surface area contributed by atoms with Gasteiger partial charge in [-0.25, -0.2) is 0 Å². The second kappa shape index (κ2) is 17.7. The van der Waals surface area contributed by atoms with Crippen LogP contribution in [0, 0.1) is 0 Å². The van der Waals surface area contributed by atoms with E-state index in [4.69, 9.17) is 0 Å². The smallest absolute Gasteiger partial charge is 0.133 e. The van der Waals surface area contributed by atoms with Crippen molar-refractivity contribution in [3.05, 3.63) is 46.6 Å². The summed E-state index contributed by atoms with van der Waals surface area (Å²) in [6.45, 7) is 13.2. The van der Waals surface area contributed by atoms with Crippen molar-refractivity contribution < 1.29 is 4.79 Å². The van der Waals surface area contributed by atoms with E-state index >= 15 is 0 Å². The van der Waals surface area contributed by atoms with Crippen LogP contribution in [0.25, 0.3) is 0 Å². The lowest BCUT2D eigenvalue weighted by atomic mass is 10.0. The van der Waals surface area contributed by atoms with Crippen molar-refractivity contribution in [2.75, 3.05) is 0 Å². The van der Waals surface area contributed by atoms with Crippen molar-refractivity contribution in [1.82, 2.24) is 0 Å². The van der Waals surface area contributed by atoms with Crippen LogP contribution in [0.5, 0.6) is 0 Å². The first-order chi connectivity index (χ1) is 13.3. The molecule has 0 amide bonds. The topological polar surface area (TPSA) is 17.1 Å². The predicted molar refractivity (Wildman–Crippen MR) is 127 cm³/mol. The lowest BCUT2D eigenvalue weighted by molar-refractivity contribution is -0.119. The van der Waals surface area contributed by atoms with Gasteiger partial charge in [0.05, 0.1) is 0 Å². The molecule has 0 heterocycles. The Labute approximate surface area is 176 Å². The van der Waals surface area contributed by atoms with Crippen LogP contribution in [0.4, 0.5) is 0 Å². The zero-order chi connectivity index (χ0) is 21.2. The molecule has 0 radical (unpaired) electrons. The van der Waals surface area contributed by atoms with Gasteiger partial charge in [0.1, 0.15) is 5.78 Å². The van der Waals surface area contributed by atoms with E-state index in [0.717, 1.165) is 57.8 Å². The largest absolute Gasteiger partial charge is 0.300 e. The average Bonchev–Trinajstić information content (AvgIpc) is 2.61. The standard InChI is InChI=1S/C27H46O/c1-7-8-9-21-27(28)22-13-20-26(6)19-12-18-25(5)17-11-16-24(4)15-10-14-23(2)3/h14,16,18,20H,7-13,15,17,19,21-22H2,1-6H3. The van der Waals surface area contributed by atoms with E-state index in [-0.39, 0.29) is 0 Å². The molecular weight excluding hydrogens is 340 g/mol. The van der Waals surface area contributed by atoms with E-state index < -0.39 is 0 Å². The highest BCUT2D eigenvalue weighted by Crippen LogP contribution is 2.14. The van der Waals surface area contributed by atoms with Gasteiger partial charge in [-0.15, -0.1) is 0 Å². The molecule has 0 atom stereocenters. The SMILES string of the molecule is CCCCCC(=O)CCC=C(C)CCC=C(C)CCC=C(C)CCC=C(C)C. The molecule has 0 rings (SSSR count). The monoisotopic (exact) mass is 386 g/mol. The van der Waals surface area contributed by atoms with Crippen molar-refractivity contribution in [2.45, 2.75) is 119 Å². The molecule has 0 aromatic rings. The summed E-state index contributed by atoms with van der Waals surface area (Å²) in [7, 11) is 0. The highest BCUT2D eigenvalue weighted by molar-refractivity contribution is 5.78. The third kappa shape index (κ3) is 18.0. The second-order valence-corrected chi connectivity index (χ2v) is 8.58. The number of Topliss-reactive ketones (excluding diaryl/α,β-unsaturated/α-hetero) is 1. The summed E-state index contributed by atoms with van der Waals surface area (Å²) in [5, 5.41) is 0. The van der Waals surface area contributed by atoms with Crippen LogP contribution in [0.1, 0.15) is 119 Å². The molecule has 0 unspecified atom stereocenters. The molecule has 1 nitrogen and oxygen atoms in total. The molecule has 160 valence electrons. The highest BCUT2D eigenvalue weighted by atomic mass is 16.1. The minimum Gasteiger partial charge on any atom is -0.300 e. The Hall–Kier alpha value is -1.37. The van der Waals surface area contributed by atoms with Crippen LogP contribution in [0.15, 0.2) is 46.6 Å². The molecule has 0 saturated heterocycles. The first-order valence-corrected chi connectivity index (χ1v) is 11.5. The van der Waals surface area contributed by atoms with Crippen molar-refractivity contribution in [3.63, 3.8) is 0 Å². The van der Waals surface area contributed by atoms with Crippen molar-refractivity contribution in [2.24, 2.45) is 0 Å². The maximum Gasteiger partial charge on any atom is 0.133 e. The Bertz CT molecular complexity index is 539. The van der Waals surface area contributed by atoms with Gasteiger partial charge in [-0.3, -0.25) is 4.79 Å². The van der Waals surface area contributed by atoms with Crippen molar-refractivity contribution in [1.29, 1.82) is 0 Å². The molecule has 0 aliphatic rings. The molecular formula is C27H46O. The number of hydrogen-bond acceptors (Lipinski definition) is 1. The minimum atomic E-state index is 0.428. The summed E-state index contributed by atoms with van der Waals surface area (Å²) < 4.78 is 0. The van der Waals surface area contributed by atoms with E-state index in [9.17, 15) is 4.79 Å². The molecule has 0 aliphatic heterocycles. The first kappa shape index (κ1) is 26.6. The maximum absolute atomic E-state index is 11.8. The lowest BCUT2D eigenvalue weighted by Gasteiger charge is -2.03. The van der Waals surface area contributed by atoms with Crippen LogP contribution >= 0.6 is 0 Å². The summed E-state index contributed by atoms with van der Waals surface area (Å²) in [5.74, 6) is 0.428. The third-order valence-corrected chi connectivity index (χ3v) is 5.13. The third-order valence-electron chi connectivity index (χ3n) is 5.13. The molecule has 28 heavy (non-hydrogen) atoms. The van der Waals surface area contributed by atoms with Crippen LogP contribution in [-0.4, -0.2) is 5.78 Å². The number of hydrogen-bond donors (Lipinski definition) is 0. The summed E-state index contributed by atoms with van der Waals surface area (Å²) in [4.78, 5) is 11.8. The summed E-state index contributed by atoms with van der Waals surface area (Å²) in [5.41, 5.74) is 5.83. The highest BCUT2D eigenvalue weighted by Gasteiger charge is 2.00. The summed E-state index contributed by atoms with van der Waals surface area (Å²) in [6, 6.07) is 0. The molecule has 0 aromatic heterocycles. The maximum atomic E-state index is 11.8. The molecule has 0 spiro atoms. The quantitative estimate of drug-likeness (QED) is 0.191. The van der Waals surface area contributed by atoms with E-state index in [1.165, 1.54) is 41.6 Å². The fourth-order valence-corrected chi connectivity index (χ4v) is 3.16. The molecule has 0 saturated carbocycles. The van der Waals surface area contributed by atoms with Gasteiger partial charge in [-0.05, 0) is 86.0 Å². The summed E-state index contributed by atoms with van der Waals surface area (Å²) in [6.07, 6.45) is 22.1. The second-order valence-electron chi connectivity index (χ2n) is 8.58. The lowest BCUT2D eigenvalue weighted by Crippen LogP contribution is -1.96.